The molecule has 148 valence electrons. The molecule has 2 aromatic heterocycles. The second-order valence-corrected chi connectivity index (χ2v) is 7.28. The summed E-state index contributed by atoms with van der Waals surface area (Å²) in [5.41, 5.74) is -0.852. The van der Waals surface area contributed by atoms with Crippen molar-refractivity contribution >= 4 is 34.5 Å². The summed E-state index contributed by atoms with van der Waals surface area (Å²) in [5, 5.41) is 12.2. The number of hydrogen-bond donors (Lipinski definition) is 3. The first-order valence-corrected chi connectivity index (χ1v) is 9.94. The first-order chi connectivity index (χ1) is 12.9. The molecule has 0 unspecified atom stereocenters. The Morgan fingerprint density at radius 3 is 2.56 bits per heavy atom. The highest BCUT2D eigenvalue weighted by atomic mass is 32.1. The summed E-state index contributed by atoms with van der Waals surface area (Å²) < 4.78 is 37.5. The molecule has 2 heterocycles. The summed E-state index contributed by atoms with van der Waals surface area (Å²) in [4.78, 5) is 20.1. The van der Waals surface area contributed by atoms with Gasteiger partial charge in [-0.1, -0.05) is 6.07 Å². The zero-order valence-electron chi connectivity index (χ0n) is 14.6. The van der Waals surface area contributed by atoms with E-state index in [0.29, 0.717) is 48.3 Å². The number of aliphatic imine (C=N–C) groups is 1. The van der Waals surface area contributed by atoms with E-state index >= 15 is 0 Å². The number of carbonyl (C=O) groups is 1. The summed E-state index contributed by atoms with van der Waals surface area (Å²) in [5.74, 6) is 0.460. The van der Waals surface area contributed by atoms with Crippen LogP contribution in [-0.4, -0.2) is 43.5 Å². The van der Waals surface area contributed by atoms with Gasteiger partial charge in [-0.05, 0) is 17.9 Å². The Bertz CT molecular complexity index is 744. The third-order valence-corrected chi connectivity index (χ3v) is 5.15. The maximum Gasteiger partial charge on any atom is 0.434 e. The van der Waals surface area contributed by atoms with Crippen molar-refractivity contribution in [1.29, 1.82) is 0 Å². The zero-order chi connectivity index (χ0) is 19.7. The number of aromatic nitrogens is 1. The van der Waals surface area contributed by atoms with Crippen molar-refractivity contribution in [3.63, 3.8) is 0 Å². The standard InChI is InChI=1S/C16H20F3N5OS2/c1-20-15(22-7-3-6-21-14(25)11-4-2-9-26-11)23-8-5-13-24-12(10-27-13)16(17,18)19/h2,4,9-10H,3,5-8H2,1H3,(H,21,25)(H2,20,22,23). The molecule has 1 amide bonds. The minimum absolute atomic E-state index is 0.0887. The molecule has 0 aliphatic rings. The lowest BCUT2D eigenvalue weighted by molar-refractivity contribution is -0.140. The van der Waals surface area contributed by atoms with Gasteiger partial charge in [0, 0.05) is 38.5 Å². The van der Waals surface area contributed by atoms with Crippen LogP contribution in [0.1, 0.15) is 26.8 Å². The van der Waals surface area contributed by atoms with E-state index in [4.69, 9.17) is 0 Å². The van der Waals surface area contributed by atoms with Gasteiger partial charge in [0.25, 0.3) is 5.91 Å². The molecule has 0 radical (unpaired) electrons. The number of carbonyl (C=O) groups excluding carboxylic acids is 1. The van der Waals surface area contributed by atoms with Gasteiger partial charge >= 0.3 is 6.18 Å². The number of guanidine groups is 1. The molecule has 11 heteroatoms. The second-order valence-electron chi connectivity index (χ2n) is 5.39. The number of amides is 1. The Morgan fingerprint density at radius 1 is 1.19 bits per heavy atom. The van der Waals surface area contributed by atoms with Gasteiger partial charge < -0.3 is 16.0 Å². The minimum atomic E-state index is -4.40. The number of alkyl halides is 3. The lowest BCUT2D eigenvalue weighted by Crippen LogP contribution is -2.39. The largest absolute Gasteiger partial charge is 0.434 e. The molecule has 2 aromatic rings. The maximum atomic E-state index is 12.5. The summed E-state index contributed by atoms with van der Waals surface area (Å²) in [7, 11) is 1.61. The fraction of sp³-hybridized carbons (Fsp3) is 0.438. The Balaban J connectivity index is 1.60. The quantitative estimate of drug-likeness (QED) is 0.349. The van der Waals surface area contributed by atoms with Crippen LogP contribution >= 0.6 is 22.7 Å². The lowest BCUT2D eigenvalue weighted by atomic mass is 10.4. The Labute approximate surface area is 162 Å². The van der Waals surface area contributed by atoms with Gasteiger partial charge in [-0.2, -0.15) is 13.2 Å². The van der Waals surface area contributed by atoms with Crippen molar-refractivity contribution in [2.45, 2.75) is 19.0 Å². The van der Waals surface area contributed by atoms with Gasteiger partial charge in [-0.15, -0.1) is 22.7 Å². The van der Waals surface area contributed by atoms with Gasteiger partial charge in [-0.25, -0.2) is 4.98 Å². The summed E-state index contributed by atoms with van der Waals surface area (Å²) in [6.07, 6.45) is -3.32. The smallest absolute Gasteiger partial charge is 0.356 e. The van der Waals surface area contributed by atoms with Crippen LogP contribution in [-0.2, 0) is 12.6 Å². The number of rotatable bonds is 8. The highest BCUT2D eigenvalue weighted by Crippen LogP contribution is 2.29. The van der Waals surface area contributed by atoms with Gasteiger partial charge in [0.15, 0.2) is 11.7 Å². The van der Waals surface area contributed by atoms with Crippen LogP contribution < -0.4 is 16.0 Å². The number of hydrogen-bond acceptors (Lipinski definition) is 5. The van der Waals surface area contributed by atoms with Crippen LogP contribution in [0.3, 0.4) is 0 Å². The molecule has 0 fully saturated rings. The Kier molecular flexibility index (Phi) is 8.04. The average Bonchev–Trinajstić information content (AvgIpc) is 3.31. The maximum absolute atomic E-state index is 12.5. The second kappa shape index (κ2) is 10.3. The van der Waals surface area contributed by atoms with E-state index in [1.807, 2.05) is 11.4 Å². The first kappa shape index (κ1) is 21.2. The van der Waals surface area contributed by atoms with E-state index in [2.05, 4.69) is 25.9 Å². The van der Waals surface area contributed by atoms with Gasteiger partial charge in [0.1, 0.15) is 0 Å². The van der Waals surface area contributed by atoms with Crippen molar-refractivity contribution in [3.05, 3.63) is 38.5 Å². The fourth-order valence-corrected chi connectivity index (χ4v) is 3.50. The summed E-state index contributed by atoms with van der Waals surface area (Å²) >= 11 is 2.38. The predicted molar refractivity (Wildman–Crippen MR) is 101 cm³/mol. The number of nitrogens with one attached hydrogen (secondary N) is 3. The van der Waals surface area contributed by atoms with E-state index < -0.39 is 11.9 Å². The van der Waals surface area contributed by atoms with Crippen molar-refractivity contribution in [2.24, 2.45) is 4.99 Å². The SMILES string of the molecule is CN=C(NCCCNC(=O)c1cccs1)NCCc1nc(C(F)(F)F)cs1. The van der Waals surface area contributed by atoms with Crippen molar-refractivity contribution < 1.29 is 18.0 Å². The van der Waals surface area contributed by atoms with Gasteiger partial charge in [0.2, 0.25) is 0 Å². The lowest BCUT2D eigenvalue weighted by Gasteiger charge is -2.11. The molecule has 0 aliphatic heterocycles. The Hall–Kier alpha value is -2.14. The van der Waals surface area contributed by atoms with Crippen molar-refractivity contribution in [2.75, 3.05) is 26.7 Å². The van der Waals surface area contributed by atoms with Crippen LogP contribution in [0.4, 0.5) is 13.2 Å². The molecule has 3 N–H and O–H groups in total. The van der Waals surface area contributed by atoms with Crippen molar-refractivity contribution in [1.82, 2.24) is 20.9 Å². The van der Waals surface area contributed by atoms with Crippen LogP contribution in [0.15, 0.2) is 27.9 Å². The van der Waals surface area contributed by atoms with Crippen molar-refractivity contribution in [3.8, 4) is 0 Å². The Morgan fingerprint density at radius 2 is 1.93 bits per heavy atom. The highest BCUT2D eigenvalue weighted by Gasteiger charge is 2.33. The molecule has 2 rings (SSSR count). The highest BCUT2D eigenvalue weighted by molar-refractivity contribution is 7.12. The molecule has 6 nitrogen and oxygen atoms in total. The molecule has 0 atom stereocenters. The molecule has 0 bridgehead atoms. The van der Waals surface area contributed by atoms with E-state index in [1.54, 1.807) is 13.1 Å². The van der Waals surface area contributed by atoms with Crippen LogP contribution in [0.5, 0.6) is 0 Å². The third kappa shape index (κ3) is 7.18. The molecule has 0 saturated carbocycles. The van der Waals surface area contributed by atoms with Crippen LogP contribution in [0.25, 0.3) is 0 Å². The van der Waals surface area contributed by atoms with E-state index in [9.17, 15) is 18.0 Å². The molecular weight excluding hydrogens is 399 g/mol. The topological polar surface area (TPSA) is 78.4 Å². The van der Waals surface area contributed by atoms with Gasteiger partial charge in [0.05, 0.1) is 9.88 Å². The number of thiazole rings is 1. The van der Waals surface area contributed by atoms with E-state index in [1.165, 1.54) is 11.3 Å². The van der Waals surface area contributed by atoms with E-state index in [0.717, 1.165) is 16.7 Å². The molecule has 0 saturated heterocycles. The number of halogens is 3. The zero-order valence-corrected chi connectivity index (χ0v) is 16.2. The van der Waals surface area contributed by atoms with Crippen LogP contribution in [0, 0.1) is 0 Å². The summed E-state index contributed by atoms with van der Waals surface area (Å²) in [6, 6.07) is 3.59. The monoisotopic (exact) mass is 419 g/mol. The third-order valence-electron chi connectivity index (χ3n) is 3.37. The molecule has 27 heavy (non-hydrogen) atoms. The number of thiophene rings is 1. The van der Waals surface area contributed by atoms with Crippen LogP contribution in [0.2, 0.25) is 0 Å². The normalized spacial score (nSPS) is 12.1. The molecule has 0 spiro atoms. The summed E-state index contributed by atoms with van der Waals surface area (Å²) in [6.45, 7) is 1.54. The number of nitrogens with zero attached hydrogens (tertiary/aromatic N) is 2. The average molecular weight is 419 g/mol. The minimum Gasteiger partial charge on any atom is -0.356 e. The predicted octanol–water partition coefficient (Wildman–Crippen LogP) is 2.75. The molecule has 0 aromatic carbocycles. The fourth-order valence-electron chi connectivity index (χ4n) is 2.06. The van der Waals surface area contributed by atoms with Gasteiger partial charge in [-0.3, -0.25) is 9.79 Å². The molecular formula is C16H20F3N5OS2. The van der Waals surface area contributed by atoms with E-state index in [-0.39, 0.29) is 5.91 Å². The first-order valence-electron chi connectivity index (χ1n) is 8.18. The molecule has 0 aliphatic carbocycles.